The SMILES string of the molecule is CCCC(C)Sc1ccc(CO)cc1. The summed E-state index contributed by atoms with van der Waals surface area (Å²) in [6, 6.07) is 8.15. The molecule has 1 nitrogen and oxygen atoms in total. The lowest BCUT2D eigenvalue weighted by atomic mass is 10.2. The first-order valence-corrected chi connectivity index (χ1v) is 6.00. The molecule has 2 heteroatoms. The number of hydrogen-bond donors (Lipinski definition) is 1. The zero-order valence-corrected chi connectivity index (χ0v) is 9.68. The number of benzene rings is 1. The van der Waals surface area contributed by atoms with E-state index in [0.29, 0.717) is 5.25 Å². The van der Waals surface area contributed by atoms with Crippen LogP contribution in [0.5, 0.6) is 0 Å². The number of aliphatic hydroxyl groups excluding tert-OH is 1. The van der Waals surface area contributed by atoms with E-state index in [1.165, 1.54) is 17.7 Å². The van der Waals surface area contributed by atoms with Crippen LogP contribution < -0.4 is 0 Å². The first-order valence-electron chi connectivity index (χ1n) is 5.12. The molecule has 0 aliphatic rings. The highest BCUT2D eigenvalue weighted by molar-refractivity contribution is 7.99. The highest BCUT2D eigenvalue weighted by Crippen LogP contribution is 2.25. The Morgan fingerprint density at radius 2 is 1.93 bits per heavy atom. The molecule has 0 aromatic heterocycles. The van der Waals surface area contributed by atoms with Gasteiger partial charge in [0.15, 0.2) is 0 Å². The van der Waals surface area contributed by atoms with Gasteiger partial charge in [-0.1, -0.05) is 32.4 Å². The van der Waals surface area contributed by atoms with Gasteiger partial charge in [0.25, 0.3) is 0 Å². The van der Waals surface area contributed by atoms with Crippen molar-refractivity contribution in [2.45, 2.75) is 43.4 Å². The quantitative estimate of drug-likeness (QED) is 0.751. The van der Waals surface area contributed by atoms with Crippen LogP contribution in [0.2, 0.25) is 0 Å². The van der Waals surface area contributed by atoms with Crippen LogP contribution in [0.3, 0.4) is 0 Å². The van der Waals surface area contributed by atoms with E-state index in [4.69, 9.17) is 5.11 Å². The van der Waals surface area contributed by atoms with E-state index in [1.54, 1.807) is 0 Å². The van der Waals surface area contributed by atoms with Crippen LogP contribution in [-0.2, 0) is 6.61 Å². The first-order chi connectivity index (χ1) is 6.76. The summed E-state index contributed by atoms with van der Waals surface area (Å²) in [5.41, 5.74) is 0.984. The highest BCUT2D eigenvalue weighted by atomic mass is 32.2. The van der Waals surface area contributed by atoms with Crippen molar-refractivity contribution in [2.75, 3.05) is 0 Å². The molecule has 0 saturated heterocycles. The molecule has 1 unspecified atom stereocenters. The van der Waals surface area contributed by atoms with Crippen molar-refractivity contribution in [3.8, 4) is 0 Å². The van der Waals surface area contributed by atoms with E-state index in [0.717, 1.165) is 5.56 Å². The maximum Gasteiger partial charge on any atom is 0.0681 e. The molecule has 1 aromatic rings. The van der Waals surface area contributed by atoms with E-state index < -0.39 is 0 Å². The molecule has 0 spiro atoms. The van der Waals surface area contributed by atoms with Gasteiger partial charge < -0.3 is 5.11 Å². The van der Waals surface area contributed by atoms with Gasteiger partial charge in [-0.25, -0.2) is 0 Å². The lowest BCUT2D eigenvalue weighted by Crippen LogP contribution is -1.94. The average Bonchev–Trinajstić information content (AvgIpc) is 2.19. The zero-order valence-electron chi connectivity index (χ0n) is 8.86. The van der Waals surface area contributed by atoms with Gasteiger partial charge in [-0.3, -0.25) is 0 Å². The summed E-state index contributed by atoms with van der Waals surface area (Å²) in [5, 5.41) is 9.57. The Kier molecular flexibility index (Phi) is 5.05. The Hall–Kier alpha value is -0.470. The van der Waals surface area contributed by atoms with E-state index in [2.05, 4.69) is 26.0 Å². The summed E-state index contributed by atoms with van der Waals surface area (Å²) >= 11 is 1.91. The van der Waals surface area contributed by atoms with Gasteiger partial charge in [0.1, 0.15) is 0 Å². The minimum atomic E-state index is 0.134. The van der Waals surface area contributed by atoms with Crippen LogP contribution in [0, 0.1) is 0 Å². The summed E-state index contributed by atoms with van der Waals surface area (Å²) < 4.78 is 0. The molecule has 1 N–H and O–H groups in total. The molecule has 14 heavy (non-hydrogen) atoms. The third kappa shape index (κ3) is 3.72. The van der Waals surface area contributed by atoms with Gasteiger partial charge in [0.2, 0.25) is 0 Å². The molecular formula is C12H18OS. The Labute approximate surface area is 90.5 Å². The van der Waals surface area contributed by atoms with Crippen molar-refractivity contribution in [1.29, 1.82) is 0 Å². The Morgan fingerprint density at radius 3 is 2.43 bits per heavy atom. The molecular weight excluding hydrogens is 192 g/mol. The summed E-state index contributed by atoms with van der Waals surface area (Å²) in [6.07, 6.45) is 2.50. The van der Waals surface area contributed by atoms with E-state index in [9.17, 15) is 0 Å². The summed E-state index contributed by atoms with van der Waals surface area (Å²) in [6.45, 7) is 4.61. The minimum Gasteiger partial charge on any atom is -0.392 e. The average molecular weight is 210 g/mol. The van der Waals surface area contributed by atoms with Gasteiger partial charge in [-0.2, -0.15) is 0 Å². The van der Waals surface area contributed by atoms with Crippen LogP contribution >= 0.6 is 11.8 Å². The topological polar surface area (TPSA) is 20.2 Å². The van der Waals surface area contributed by atoms with Crippen molar-refractivity contribution < 1.29 is 5.11 Å². The monoisotopic (exact) mass is 210 g/mol. The molecule has 0 fully saturated rings. The molecule has 1 rings (SSSR count). The van der Waals surface area contributed by atoms with Crippen LogP contribution in [0.25, 0.3) is 0 Å². The van der Waals surface area contributed by atoms with E-state index in [-0.39, 0.29) is 6.61 Å². The van der Waals surface area contributed by atoms with Gasteiger partial charge >= 0.3 is 0 Å². The maximum absolute atomic E-state index is 8.89. The molecule has 1 aromatic carbocycles. The Bertz CT molecular complexity index is 256. The number of aliphatic hydroxyl groups is 1. The predicted octanol–water partition coefficient (Wildman–Crippen LogP) is 3.46. The fourth-order valence-corrected chi connectivity index (χ4v) is 2.48. The second-order valence-corrected chi connectivity index (χ2v) is 5.03. The third-order valence-electron chi connectivity index (χ3n) is 2.14. The molecule has 0 radical (unpaired) electrons. The molecule has 0 aliphatic carbocycles. The van der Waals surface area contributed by atoms with Crippen molar-refractivity contribution >= 4 is 11.8 Å². The fourth-order valence-electron chi connectivity index (χ4n) is 1.37. The van der Waals surface area contributed by atoms with Crippen molar-refractivity contribution in [2.24, 2.45) is 0 Å². The zero-order chi connectivity index (χ0) is 10.4. The normalized spacial score (nSPS) is 12.8. The number of rotatable bonds is 5. The molecule has 0 saturated carbocycles. The second-order valence-electron chi connectivity index (χ2n) is 3.52. The fraction of sp³-hybridized carbons (Fsp3) is 0.500. The van der Waals surface area contributed by atoms with Crippen LogP contribution in [0.1, 0.15) is 32.3 Å². The lowest BCUT2D eigenvalue weighted by Gasteiger charge is -2.09. The summed E-state index contributed by atoms with van der Waals surface area (Å²) in [7, 11) is 0. The third-order valence-corrected chi connectivity index (χ3v) is 3.32. The molecule has 1 atom stereocenters. The van der Waals surface area contributed by atoms with Crippen LogP contribution in [0.4, 0.5) is 0 Å². The molecule has 0 aliphatic heterocycles. The van der Waals surface area contributed by atoms with Gasteiger partial charge in [0.05, 0.1) is 6.61 Å². The van der Waals surface area contributed by atoms with Crippen LogP contribution in [0.15, 0.2) is 29.2 Å². The standard InChI is InChI=1S/C12H18OS/c1-3-4-10(2)14-12-7-5-11(9-13)6-8-12/h5-8,10,13H,3-4,9H2,1-2H3. The van der Waals surface area contributed by atoms with Gasteiger partial charge in [-0.15, -0.1) is 11.8 Å². The molecule has 0 heterocycles. The second kappa shape index (κ2) is 6.10. The van der Waals surface area contributed by atoms with Crippen LogP contribution in [-0.4, -0.2) is 10.4 Å². The van der Waals surface area contributed by atoms with Gasteiger partial charge in [-0.05, 0) is 24.1 Å². The van der Waals surface area contributed by atoms with E-state index in [1.807, 2.05) is 23.9 Å². The largest absolute Gasteiger partial charge is 0.392 e. The van der Waals surface area contributed by atoms with E-state index >= 15 is 0 Å². The Balaban J connectivity index is 2.50. The van der Waals surface area contributed by atoms with Crippen molar-refractivity contribution in [3.05, 3.63) is 29.8 Å². The van der Waals surface area contributed by atoms with Crippen molar-refractivity contribution in [3.63, 3.8) is 0 Å². The van der Waals surface area contributed by atoms with Crippen molar-refractivity contribution in [1.82, 2.24) is 0 Å². The highest BCUT2D eigenvalue weighted by Gasteiger charge is 2.02. The molecule has 0 amide bonds. The minimum absolute atomic E-state index is 0.134. The predicted molar refractivity (Wildman–Crippen MR) is 62.6 cm³/mol. The smallest absolute Gasteiger partial charge is 0.0681 e. The summed E-state index contributed by atoms with van der Waals surface area (Å²) in [5.74, 6) is 0. The molecule has 78 valence electrons. The summed E-state index contributed by atoms with van der Waals surface area (Å²) in [4.78, 5) is 1.29. The number of hydrogen-bond acceptors (Lipinski definition) is 2. The Morgan fingerprint density at radius 1 is 1.29 bits per heavy atom. The first kappa shape index (κ1) is 11.6. The lowest BCUT2D eigenvalue weighted by molar-refractivity contribution is 0.282. The maximum atomic E-state index is 8.89. The number of thioether (sulfide) groups is 1. The molecule has 0 bridgehead atoms. The van der Waals surface area contributed by atoms with Gasteiger partial charge in [0, 0.05) is 10.1 Å².